The minimum absolute atomic E-state index is 0.0582. The van der Waals surface area contributed by atoms with Crippen molar-refractivity contribution in [3.05, 3.63) is 109 Å². The molecule has 2 nitrogen and oxygen atoms in total. The Kier molecular flexibility index (Phi) is 17.9. The van der Waals surface area contributed by atoms with E-state index >= 15 is 0 Å². The van der Waals surface area contributed by atoms with Crippen LogP contribution in [0.4, 0.5) is 11.4 Å². The zero-order chi connectivity index (χ0) is 32.3. The zero-order valence-electron chi connectivity index (χ0n) is 29.3. The Morgan fingerprint density at radius 3 is 0.976 bits per heavy atom. The molecular formula is C40H60N2. The maximum Gasteiger partial charge on any atom is 0.0496 e. The van der Waals surface area contributed by atoms with E-state index in [-0.39, 0.29) is 11.1 Å². The maximum absolute atomic E-state index is 2.43. The summed E-state index contributed by atoms with van der Waals surface area (Å²) in [5.74, 6) is 0. The zero-order valence-corrected chi connectivity index (χ0v) is 29.3. The first-order valence-electron chi connectivity index (χ1n) is 16.1. The molecule has 2 heteroatoms. The van der Waals surface area contributed by atoms with Crippen molar-refractivity contribution in [2.45, 2.75) is 108 Å². The smallest absolute Gasteiger partial charge is 0.0496 e. The van der Waals surface area contributed by atoms with Crippen molar-refractivity contribution < 1.29 is 0 Å². The van der Waals surface area contributed by atoms with Crippen LogP contribution in [0.1, 0.15) is 96.9 Å². The van der Waals surface area contributed by atoms with Crippen LogP contribution in [0.5, 0.6) is 0 Å². The molecular weight excluding hydrogens is 508 g/mol. The number of para-hydroxylation sites is 4. The molecule has 230 valence electrons. The molecule has 0 N–H and O–H groups in total. The molecule has 4 aromatic carbocycles. The van der Waals surface area contributed by atoms with E-state index in [1.807, 2.05) is 55.4 Å². The van der Waals surface area contributed by atoms with E-state index in [0.29, 0.717) is 0 Å². The van der Waals surface area contributed by atoms with Gasteiger partial charge in [-0.15, -0.1) is 0 Å². The molecule has 0 aliphatic heterocycles. The number of nitrogens with zero attached hydrogens (tertiary/aromatic N) is 2. The van der Waals surface area contributed by atoms with Gasteiger partial charge in [-0.05, 0) is 77.9 Å². The van der Waals surface area contributed by atoms with Crippen molar-refractivity contribution in [3.8, 4) is 0 Å². The minimum atomic E-state index is 0.0582. The van der Waals surface area contributed by atoms with E-state index in [2.05, 4.69) is 160 Å². The Balaban J connectivity index is 0.000000648. The molecule has 0 amide bonds. The fraction of sp³-hybridized carbons (Fsp3) is 0.400. The molecule has 0 fully saturated rings. The van der Waals surface area contributed by atoms with Crippen LogP contribution in [-0.4, -0.2) is 10.1 Å². The van der Waals surface area contributed by atoms with Gasteiger partial charge < -0.3 is 9.47 Å². The summed E-state index contributed by atoms with van der Waals surface area (Å²) in [5, 5.41) is 2.69. The second-order valence-corrected chi connectivity index (χ2v) is 10.7. The molecule has 0 saturated carbocycles. The van der Waals surface area contributed by atoms with E-state index < -0.39 is 0 Å². The standard InChI is InChI=1S/C16H17N.C16H19N.4C2H6/c1-16(2,3)17-14-10-6-4-8-12(14)13-9-5-7-11-15(13)17;1-16(2,3)17(14-10-6-4-7-11-14)15-12-8-5-9-13-15;4*1-2/h4-11H,1-3H3;4-13H,1-3H3;4*1-2H3. The third kappa shape index (κ3) is 10.4. The topological polar surface area (TPSA) is 8.17 Å². The molecule has 0 aliphatic carbocycles. The summed E-state index contributed by atoms with van der Waals surface area (Å²) in [4.78, 5) is 2.35. The van der Waals surface area contributed by atoms with Crippen molar-refractivity contribution >= 4 is 33.2 Å². The second-order valence-electron chi connectivity index (χ2n) is 10.7. The summed E-state index contributed by atoms with van der Waals surface area (Å²) in [5.41, 5.74) is 5.26. The third-order valence-electron chi connectivity index (χ3n) is 5.95. The number of hydrogen-bond donors (Lipinski definition) is 0. The molecule has 0 bridgehead atoms. The normalized spacial score (nSPS) is 10.1. The van der Waals surface area contributed by atoms with Crippen LogP contribution in [0.15, 0.2) is 109 Å². The summed E-state index contributed by atoms with van der Waals surface area (Å²) in [6, 6.07) is 38.3. The summed E-state index contributed by atoms with van der Waals surface area (Å²) >= 11 is 0. The number of hydrogen-bond acceptors (Lipinski definition) is 1. The quantitative estimate of drug-likeness (QED) is 0.206. The fourth-order valence-corrected chi connectivity index (χ4v) is 4.72. The van der Waals surface area contributed by atoms with Crippen molar-refractivity contribution in [3.63, 3.8) is 0 Å². The first-order valence-corrected chi connectivity index (χ1v) is 16.1. The largest absolute Gasteiger partial charge is 0.336 e. The molecule has 0 atom stereocenters. The second kappa shape index (κ2) is 19.6. The van der Waals surface area contributed by atoms with E-state index in [0.717, 1.165) is 0 Å². The number of benzene rings is 4. The predicted molar refractivity (Wildman–Crippen MR) is 195 cm³/mol. The third-order valence-corrected chi connectivity index (χ3v) is 5.95. The van der Waals surface area contributed by atoms with Crippen LogP contribution >= 0.6 is 0 Å². The van der Waals surface area contributed by atoms with Crippen LogP contribution in [0, 0.1) is 0 Å². The summed E-state index contributed by atoms with van der Waals surface area (Å²) in [6.07, 6.45) is 0. The van der Waals surface area contributed by atoms with Gasteiger partial charge in [0.05, 0.1) is 0 Å². The highest BCUT2D eigenvalue weighted by molar-refractivity contribution is 6.08. The Morgan fingerprint density at radius 1 is 0.405 bits per heavy atom. The van der Waals surface area contributed by atoms with Gasteiger partial charge in [-0.2, -0.15) is 0 Å². The van der Waals surface area contributed by atoms with Crippen molar-refractivity contribution in [2.24, 2.45) is 0 Å². The van der Waals surface area contributed by atoms with Crippen LogP contribution in [0.25, 0.3) is 21.8 Å². The van der Waals surface area contributed by atoms with E-state index in [9.17, 15) is 0 Å². The number of fused-ring (bicyclic) bond motifs is 3. The number of aromatic nitrogens is 1. The molecule has 0 saturated heterocycles. The fourth-order valence-electron chi connectivity index (χ4n) is 4.72. The lowest BCUT2D eigenvalue weighted by molar-refractivity contribution is 0.423. The lowest BCUT2D eigenvalue weighted by Crippen LogP contribution is -2.37. The Hall–Kier alpha value is -3.52. The van der Waals surface area contributed by atoms with Crippen molar-refractivity contribution in [1.82, 2.24) is 4.57 Å². The van der Waals surface area contributed by atoms with Gasteiger partial charge in [0.1, 0.15) is 0 Å². The van der Waals surface area contributed by atoms with Gasteiger partial charge >= 0.3 is 0 Å². The molecule has 5 aromatic rings. The first-order chi connectivity index (χ1) is 20.2. The monoisotopic (exact) mass is 568 g/mol. The lowest BCUT2D eigenvalue weighted by atomic mass is 10.0. The lowest BCUT2D eigenvalue weighted by Gasteiger charge is -2.37. The Bertz CT molecular complexity index is 1260. The van der Waals surface area contributed by atoms with Gasteiger partial charge in [0.2, 0.25) is 0 Å². The van der Waals surface area contributed by atoms with E-state index in [1.165, 1.54) is 33.2 Å². The van der Waals surface area contributed by atoms with Gasteiger partial charge in [0.25, 0.3) is 0 Å². The van der Waals surface area contributed by atoms with Crippen LogP contribution in [0.3, 0.4) is 0 Å². The average Bonchev–Trinajstić information content (AvgIpc) is 3.37. The van der Waals surface area contributed by atoms with Crippen molar-refractivity contribution in [2.75, 3.05) is 4.90 Å². The van der Waals surface area contributed by atoms with Gasteiger partial charge in [-0.3, -0.25) is 0 Å². The molecule has 0 spiro atoms. The van der Waals surface area contributed by atoms with Gasteiger partial charge in [-0.25, -0.2) is 0 Å². The van der Waals surface area contributed by atoms with Crippen LogP contribution in [0.2, 0.25) is 0 Å². The van der Waals surface area contributed by atoms with E-state index in [1.54, 1.807) is 0 Å². The first kappa shape index (κ1) is 38.5. The predicted octanol–water partition coefficient (Wildman–Crippen LogP) is 13.3. The van der Waals surface area contributed by atoms with Crippen molar-refractivity contribution in [1.29, 1.82) is 0 Å². The highest BCUT2D eigenvalue weighted by Gasteiger charge is 2.23. The SMILES string of the molecule is CC.CC.CC.CC.CC(C)(C)N(c1ccccc1)c1ccccc1.CC(C)(C)n1c2ccccc2c2ccccc21. The van der Waals surface area contributed by atoms with Gasteiger partial charge in [-0.1, -0.05) is 128 Å². The molecule has 0 radical (unpaired) electrons. The molecule has 0 unspecified atom stereocenters. The average molecular weight is 569 g/mol. The number of anilines is 2. The van der Waals surface area contributed by atoms with Crippen LogP contribution < -0.4 is 4.90 Å². The van der Waals surface area contributed by atoms with E-state index in [4.69, 9.17) is 0 Å². The molecule has 5 rings (SSSR count). The number of rotatable bonds is 2. The maximum atomic E-state index is 2.43. The molecule has 42 heavy (non-hydrogen) atoms. The summed E-state index contributed by atoms with van der Waals surface area (Å²) in [7, 11) is 0. The highest BCUT2D eigenvalue weighted by atomic mass is 15.2. The van der Waals surface area contributed by atoms with Gasteiger partial charge in [0.15, 0.2) is 0 Å². The summed E-state index contributed by atoms with van der Waals surface area (Å²) < 4.78 is 2.43. The molecule has 1 aromatic heterocycles. The summed E-state index contributed by atoms with van der Waals surface area (Å²) in [6.45, 7) is 29.5. The van der Waals surface area contributed by atoms with Gasteiger partial charge in [0, 0.05) is 44.3 Å². The highest BCUT2D eigenvalue weighted by Crippen LogP contribution is 2.34. The Labute approximate surface area is 259 Å². The Morgan fingerprint density at radius 2 is 0.690 bits per heavy atom. The minimum Gasteiger partial charge on any atom is -0.336 e. The van der Waals surface area contributed by atoms with Crippen LogP contribution in [-0.2, 0) is 5.54 Å². The molecule has 1 heterocycles. The molecule has 0 aliphatic rings.